The number of ether oxygens (including phenoxy) is 2. The Morgan fingerprint density at radius 3 is 2.57 bits per heavy atom. The van der Waals surface area contributed by atoms with Gasteiger partial charge in [-0.25, -0.2) is 0 Å². The molecule has 148 valence electrons. The van der Waals surface area contributed by atoms with Crippen LogP contribution in [0.2, 0.25) is 0 Å². The molecule has 28 heavy (non-hydrogen) atoms. The standard InChI is InChI=1S/C25H30O3/c1-19-7-5-10-21(17-19)24-11-4-3-9-22(24)18-28-23-15-13-20(14-16-23)8-6-12-25(26)27-2/h5,7,10,13-17H,3-4,6,8-9,11-12,18H2,1-2H3. The second-order valence-corrected chi connectivity index (χ2v) is 7.52. The van der Waals surface area contributed by atoms with Crippen LogP contribution in [0.4, 0.5) is 0 Å². The first-order chi connectivity index (χ1) is 13.7. The summed E-state index contributed by atoms with van der Waals surface area (Å²) in [5, 5.41) is 0. The Balaban J connectivity index is 1.59. The van der Waals surface area contributed by atoms with E-state index >= 15 is 0 Å². The van der Waals surface area contributed by atoms with E-state index in [1.807, 2.05) is 12.1 Å². The summed E-state index contributed by atoms with van der Waals surface area (Å²) in [6.45, 7) is 2.81. The van der Waals surface area contributed by atoms with Crippen molar-refractivity contribution < 1.29 is 14.3 Å². The van der Waals surface area contributed by atoms with Crippen molar-refractivity contribution in [2.45, 2.75) is 51.9 Å². The molecule has 1 aliphatic carbocycles. The van der Waals surface area contributed by atoms with E-state index in [-0.39, 0.29) is 5.97 Å². The van der Waals surface area contributed by atoms with Crippen molar-refractivity contribution in [3.63, 3.8) is 0 Å². The van der Waals surface area contributed by atoms with Crippen LogP contribution < -0.4 is 4.74 Å². The predicted octanol–water partition coefficient (Wildman–Crippen LogP) is 5.90. The van der Waals surface area contributed by atoms with Crippen LogP contribution in [0.25, 0.3) is 5.57 Å². The number of benzene rings is 2. The van der Waals surface area contributed by atoms with E-state index in [1.54, 1.807) is 0 Å². The molecule has 0 spiro atoms. The lowest BCUT2D eigenvalue weighted by molar-refractivity contribution is -0.140. The molecule has 3 heteroatoms. The van der Waals surface area contributed by atoms with Gasteiger partial charge >= 0.3 is 5.97 Å². The third kappa shape index (κ3) is 5.72. The van der Waals surface area contributed by atoms with Gasteiger partial charge in [-0.2, -0.15) is 0 Å². The molecule has 0 saturated heterocycles. The molecule has 0 radical (unpaired) electrons. The van der Waals surface area contributed by atoms with E-state index in [1.165, 1.54) is 47.8 Å². The van der Waals surface area contributed by atoms with Gasteiger partial charge in [0.2, 0.25) is 0 Å². The number of hydrogen-bond donors (Lipinski definition) is 0. The highest BCUT2D eigenvalue weighted by Gasteiger charge is 2.15. The smallest absolute Gasteiger partial charge is 0.305 e. The van der Waals surface area contributed by atoms with Crippen LogP contribution in [-0.2, 0) is 16.0 Å². The fourth-order valence-corrected chi connectivity index (χ4v) is 3.77. The summed E-state index contributed by atoms with van der Waals surface area (Å²) in [5.41, 5.74) is 6.76. The van der Waals surface area contributed by atoms with Gasteiger partial charge in [-0.1, -0.05) is 42.0 Å². The average Bonchev–Trinajstić information content (AvgIpc) is 2.73. The molecule has 3 rings (SSSR count). The molecule has 0 atom stereocenters. The molecule has 0 unspecified atom stereocenters. The van der Waals surface area contributed by atoms with Gasteiger partial charge in [-0.05, 0) is 79.9 Å². The Morgan fingerprint density at radius 2 is 1.82 bits per heavy atom. The molecule has 0 aliphatic heterocycles. The van der Waals surface area contributed by atoms with Crippen LogP contribution in [0.1, 0.15) is 55.2 Å². The van der Waals surface area contributed by atoms with Gasteiger partial charge in [0.25, 0.3) is 0 Å². The molecule has 0 heterocycles. The zero-order chi connectivity index (χ0) is 19.8. The molecule has 2 aromatic carbocycles. The Bertz CT molecular complexity index is 818. The van der Waals surface area contributed by atoms with Crippen LogP contribution >= 0.6 is 0 Å². The molecule has 2 aromatic rings. The summed E-state index contributed by atoms with van der Waals surface area (Å²) in [7, 11) is 1.43. The quantitative estimate of drug-likeness (QED) is 0.537. The summed E-state index contributed by atoms with van der Waals surface area (Å²) in [4.78, 5) is 11.2. The molecular formula is C25H30O3. The van der Waals surface area contributed by atoms with Crippen molar-refractivity contribution in [3.05, 3.63) is 70.8 Å². The van der Waals surface area contributed by atoms with Crippen molar-refractivity contribution in [3.8, 4) is 5.75 Å². The predicted molar refractivity (Wildman–Crippen MR) is 113 cm³/mol. The summed E-state index contributed by atoms with van der Waals surface area (Å²) in [6.07, 6.45) is 6.90. The topological polar surface area (TPSA) is 35.5 Å². The van der Waals surface area contributed by atoms with E-state index in [9.17, 15) is 4.79 Å². The fraction of sp³-hybridized carbons (Fsp3) is 0.400. The molecule has 0 saturated carbocycles. The first kappa shape index (κ1) is 20.2. The lowest BCUT2D eigenvalue weighted by Gasteiger charge is -2.21. The number of carbonyl (C=O) groups excluding carboxylic acids is 1. The molecule has 3 nitrogen and oxygen atoms in total. The third-order valence-electron chi connectivity index (χ3n) is 5.36. The van der Waals surface area contributed by atoms with Crippen molar-refractivity contribution in [2.24, 2.45) is 0 Å². The second-order valence-electron chi connectivity index (χ2n) is 7.52. The maximum absolute atomic E-state index is 11.2. The summed E-state index contributed by atoms with van der Waals surface area (Å²) in [6, 6.07) is 17.0. The van der Waals surface area contributed by atoms with E-state index in [2.05, 4.69) is 48.1 Å². The molecular weight excluding hydrogens is 348 g/mol. The number of methoxy groups -OCH3 is 1. The van der Waals surface area contributed by atoms with Crippen molar-refractivity contribution in [1.29, 1.82) is 0 Å². The second kappa shape index (κ2) is 10.1. The van der Waals surface area contributed by atoms with Gasteiger partial charge < -0.3 is 9.47 Å². The van der Waals surface area contributed by atoms with E-state index in [0.29, 0.717) is 13.0 Å². The van der Waals surface area contributed by atoms with Crippen molar-refractivity contribution in [1.82, 2.24) is 0 Å². The Morgan fingerprint density at radius 1 is 1.04 bits per heavy atom. The first-order valence-corrected chi connectivity index (χ1v) is 10.2. The maximum atomic E-state index is 11.2. The van der Waals surface area contributed by atoms with E-state index < -0.39 is 0 Å². The van der Waals surface area contributed by atoms with Gasteiger partial charge in [0.15, 0.2) is 0 Å². The van der Waals surface area contributed by atoms with E-state index in [4.69, 9.17) is 4.74 Å². The fourth-order valence-electron chi connectivity index (χ4n) is 3.77. The average molecular weight is 379 g/mol. The molecule has 0 N–H and O–H groups in total. The van der Waals surface area contributed by atoms with Crippen molar-refractivity contribution in [2.75, 3.05) is 13.7 Å². The monoisotopic (exact) mass is 378 g/mol. The summed E-state index contributed by atoms with van der Waals surface area (Å²) < 4.78 is 10.8. The minimum atomic E-state index is -0.148. The maximum Gasteiger partial charge on any atom is 0.305 e. The SMILES string of the molecule is COC(=O)CCCc1ccc(OCC2=C(c3cccc(C)c3)CCCC2)cc1. The molecule has 0 bridgehead atoms. The number of allylic oxidation sites excluding steroid dienone is 1. The normalized spacial score (nSPS) is 14.1. The Hall–Kier alpha value is -2.55. The third-order valence-corrected chi connectivity index (χ3v) is 5.36. The summed E-state index contributed by atoms with van der Waals surface area (Å²) >= 11 is 0. The number of carbonyl (C=O) groups is 1. The first-order valence-electron chi connectivity index (χ1n) is 10.2. The Kier molecular flexibility index (Phi) is 7.30. The molecule has 0 fully saturated rings. The molecule has 1 aliphatic rings. The number of hydrogen-bond acceptors (Lipinski definition) is 3. The van der Waals surface area contributed by atoms with E-state index in [0.717, 1.165) is 31.4 Å². The largest absolute Gasteiger partial charge is 0.489 e. The Labute approximate surface area is 168 Å². The van der Waals surface area contributed by atoms with Crippen LogP contribution in [0.3, 0.4) is 0 Å². The summed E-state index contributed by atoms with van der Waals surface area (Å²) in [5.74, 6) is 0.753. The van der Waals surface area contributed by atoms with Gasteiger partial charge in [-0.3, -0.25) is 4.79 Å². The van der Waals surface area contributed by atoms with Crippen LogP contribution in [0.5, 0.6) is 5.75 Å². The number of esters is 1. The minimum absolute atomic E-state index is 0.148. The van der Waals surface area contributed by atoms with Gasteiger partial charge in [0.1, 0.15) is 12.4 Å². The lowest BCUT2D eigenvalue weighted by atomic mass is 9.87. The minimum Gasteiger partial charge on any atom is -0.489 e. The van der Waals surface area contributed by atoms with Crippen LogP contribution in [0.15, 0.2) is 54.1 Å². The van der Waals surface area contributed by atoms with Crippen LogP contribution in [-0.4, -0.2) is 19.7 Å². The molecule has 0 aromatic heterocycles. The zero-order valence-electron chi connectivity index (χ0n) is 17.0. The lowest BCUT2D eigenvalue weighted by Crippen LogP contribution is -2.08. The highest BCUT2D eigenvalue weighted by Crippen LogP contribution is 2.33. The van der Waals surface area contributed by atoms with Gasteiger partial charge in [0, 0.05) is 6.42 Å². The van der Waals surface area contributed by atoms with Gasteiger partial charge in [0.05, 0.1) is 7.11 Å². The zero-order valence-corrected chi connectivity index (χ0v) is 17.0. The van der Waals surface area contributed by atoms with Gasteiger partial charge in [-0.15, -0.1) is 0 Å². The van der Waals surface area contributed by atoms with Crippen LogP contribution in [0, 0.1) is 6.92 Å². The number of aryl methyl sites for hydroxylation is 2. The number of rotatable bonds is 8. The van der Waals surface area contributed by atoms with Crippen molar-refractivity contribution >= 4 is 11.5 Å². The highest BCUT2D eigenvalue weighted by atomic mass is 16.5. The highest BCUT2D eigenvalue weighted by molar-refractivity contribution is 5.70. The molecule has 0 amide bonds.